The lowest BCUT2D eigenvalue weighted by atomic mass is 10.0. The molecular formula is C16H18O6. The molecule has 0 spiro atoms. The van der Waals surface area contributed by atoms with E-state index in [0.717, 1.165) is 0 Å². The van der Waals surface area contributed by atoms with E-state index in [1.807, 2.05) is 6.07 Å². The molecule has 0 aliphatic carbocycles. The Hall–Kier alpha value is -2.05. The Labute approximate surface area is 128 Å². The van der Waals surface area contributed by atoms with Crippen LogP contribution in [0.3, 0.4) is 0 Å². The third kappa shape index (κ3) is 3.40. The molecule has 3 rings (SSSR count). The fourth-order valence-corrected chi connectivity index (χ4v) is 2.37. The topological polar surface area (TPSA) is 63.2 Å². The van der Waals surface area contributed by atoms with E-state index < -0.39 is 24.2 Å². The lowest BCUT2D eigenvalue weighted by Crippen LogP contribution is -2.56. The molecular weight excluding hydrogens is 288 g/mol. The maximum Gasteiger partial charge on any atom is 0.514 e. The summed E-state index contributed by atoms with van der Waals surface area (Å²) in [5.41, 5.74) is 0. The first-order valence-electron chi connectivity index (χ1n) is 7.11. The quantitative estimate of drug-likeness (QED) is 0.618. The summed E-state index contributed by atoms with van der Waals surface area (Å²) in [6.07, 6.45) is 1.01. The SMILES string of the molecule is CC1(C)OC[C@H]2OC=C[C@@H](OC(=O)Oc3ccccc3)[C@@H]2O1. The Bertz CT molecular complexity index is 553. The van der Waals surface area contributed by atoms with Gasteiger partial charge in [0.2, 0.25) is 0 Å². The van der Waals surface area contributed by atoms with Crippen molar-refractivity contribution < 1.29 is 28.5 Å². The highest BCUT2D eigenvalue weighted by Crippen LogP contribution is 2.30. The van der Waals surface area contributed by atoms with Gasteiger partial charge in [-0.25, -0.2) is 4.79 Å². The van der Waals surface area contributed by atoms with E-state index >= 15 is 0 Å². The van der Waals surface area contributed by atoms with E-state index in [9.17, 15) is 4.79 Å². The molecule has 2 aliphatic rings. The molecule has 0 saturated carbocycles. The van der Waals surface area contributed by atoms with Crippen molar-refractivity contribution in [2.24, 2.45) is 0 Å². The minimum absolute atomic E-state index is 0.312. The van der Waals surface area contributed by atoms with E-state index in [2.05, 4.69) is 0 Å². The Morgan fingerprint density at radius 2 is 2.05 bits per heavy atom. The second kappa shape index (κ2) is 5.98. The highest BCUT2D eigenvalue weighted by Gasteiger charge is 2.44. The van der Waals surface area contributed by atoms with Crippen molar-refractivity contribution in [2.75, 3.05) is 6.61 Å². The molecule has 6 heteroatoms. The molecule has 0 N–H and O–H groups in total. The molecule has 1 fully saturated rings. The first kappa shape index (κ1) is 14.9. The van der Waals surface area contributed by atoms with Gasteiger partial charge in [-0.3, -0.25) is 0 Å². The number of carbonyl (C=O) groups excluding carboxylic acids is 1. The smallest absolute Gasteiger partial charge is 0.493 e. The molecule has 3 atom stereocenters. The minimum atomic E-state index is -0.783. The Morgan fingerprint density at radius 1 is 1.27 bits per heavy atom. The van der Waals surface area contributed by atoms with Crippen molar-refractivity contribution >= 4 is 6.16 Å². The number of rotatable bonds is 2. The van der Waals surface area contributed by atoms with Gasteiger partial charge in [-0.2, -0.15) is 0 Å². The number of benzene rings is 1. The highest BCUT2D eigenvalue weighted by atomic mass is 16.8. The van der Waals surface area contributed by atoms with Gasteiger partial charge in [-0.1, -0.05) is 18.2 Å². The normalized spacial score (nSPS) is 29.1. The zero-order valence-corrected chi connectivity index (χ0v) is 12.4. The lowest BCUT2D eigenvalue weighted by molar-refractivity contribution is -0.318. The summed E-state index contributed by atoms with van der Waals surface area (Å²) >= 11 is 0. The fourth-order valence-electron chi connectivity index (χ4n) is 2.37. The second-order valence-corrected chi connectivity index (χ2v) is 5.54. The molecule has 0 aromatic heterocycles. The summed E-state index contributed by atoms with van der Waals surface area (Å²) in [6, 6.07) is 8.74. The van der Waals surface area contributed by atoms with Crippen molar-refractivity contribution in [2.45, 2.75) is 37.9 Å². The zero-order chi connectivity index (χ0) is 15.6. The van der Waals surface area contributed by atoms with E-state index in [1.54, 1.807) is 44.2 Å². The molecule has 22 heavy (non-hydrogen) atoms. The average Bonchev–Trinajstić information content (AvgIpc) is 2.48. The first-order chi connectivity index (χ1) is 10.5. The molecule has 0 amide bonds. The van der Waals surface area contributed by atoms with Crippen molar-refractivity contribution in [1.29, 1.82) is 0 Å². The lowest BCUT2D eigenvalue weighted by Gasteiger charge is -2.43. The number of carbonyl (C=O) groups is 1. The summed E-state index contributed by atoms with van der Waals surface area (Å²) in [5.74, 6) is -0.325. The van der Waals surface area contributed by atoms with Crippen LogP contribution in [-0.4, -0.2) is 36.9 Å². The summed E-state index contributed by atoms with van der Waals surface area (Å²) in [5, 5.41) is 0. The Kier molecular flexibility index (Phi) is 4.04. The van der Waals surface area contributed by atoms with Crippen molar-refractivity contribution in [1.82, 2.24) is 0 Å². The molecule has 1 aromatic rings. The maximum absolute atomic E-state index is 11.9. The van der Waals surface area contributed by atoms with Crippen LogP contribution in [0, 0.1) is 0 Å². The van der Waals surface area contributed by atoms with E-state index in [1.165, 1.54) is 6.26 Å². The molecule has 2 heterocycles. The summed E-state index contributed by atoms with van der Waals surface area (Å²) in [6.45, 7) is 3.98. The fraction of sp³-hybridized carbons (Fsp3) is 0.438. The van der Waals surface area contributed by atoms with Crippen molar-refractivity contribution in [3.63, 3.8) is 0 Å². The van der Waals surface area contributed by atoms with Gasteiger partial charge >= 0.3 is 6.16 Å². The van der Waals surface area contributed by atoms with Crippen LogP contribution < -0.4 is 4.74 Å². The largest absolute Gasteiger partial charge is 0.514 e. The summed E-state index contributed by atoms with van der Waals surface area (Å²) in [4.78, 5) is 11.9. The van der Waals surface area contributed by atoms with Gasteiger partial charge in [0, 0.05) is 0 Å². The number of fused-ring (bicyclic) bond motifs is 1. The van der Waals surface area contributed by atoms with Gasteiger partial charge in [0.05, 0.1) is 12.9 Å². The molecule has 6 nitrogen and oxygen atoms in total. The molecule has 2 aliphatic heterocycles. The van der Waals surface area contributed by atoms with Gasteiger partial charge in [0.25, 0.3) is 0 Å². The van der Waals surface area contributed by atoms with Crippen molar-refractivity contribution in [3.8, 4) is 5.75 Å². The van der Waals surface area contributed by atoms with E-state index in [0.29, 0.717) is 12.4 Å². The van der Waals surface area contributed by atoms with Gasteiger partial charge in [0.1, 0.15) is 11.9 Å². The van der Waals surface area contributed by atoms with Crippen molar-refractivity contribution in [3.05, 3.63) is 42.7 Å². The van der Waals surface area contributed by atoms with Crippen LogP contribution in [0.2, 0.25) is 0 Å². The van der Waals surface area contributed by atoms with Crippen LogP contribution in [0.15, 0.2) is 42.7 Å². The average molecular weight is 306 g/mol. The van der Waals surface area contributed by atoms with Gasteiger partial charge in [0.15, 0.2) is 18.0 Å². The van der Waals surface area contributed by atoms with Gasteiger partial charge < -0.3 is 23.7 Å². The zero-order valence-electron chi connectivity index (χ0n) is 12.4. The molecule has 0 unspecified atom stereocenters. The molecule has 1 saturated heterocycles. The highest BCUT2D eigenvalue weighted by molar-refractivity contribution is 5.64. The summed E-state index contributed by atoms with van der Waals surface area (Å²) < 4.78 is 27.3. The minimum Gasteiger partial charge on any atom is -0.493 e. The van der Waals surface area contributed by atoms with Crippen LogP contribution in [0.1, 0.15) is 13.8 Å². The van der Waals surface area contributed by atoms with Crippen LogP contribution >= 0.6 is 0 Å². The number of hydrogen-bond donors (Lipinski definition) is 0. The van der Waals surface area contributed by atoms with Crippen LogP contribution in [0.4, 0.5) is 4.79 Å². The van der Waals surface area contributed by atoms with Crippen LogP contribution in [0.25, 0.3) is 0 Å². The number of para-hydroxylation sites is 1. The standard InChI is InChI=1S/C16H18O6/c1-16(2)19-10-13-14(22-16)12(8-9-18-13)21-15(17)20-11-6-4-3-5-7-11/h3-9,12-14H,10H2,1-2H3/t12-,13-,14+/m1/s1. The molecule has 1 aromatic carbocycles. The molecule has 0 bridgehead atoms. The predicted octanol–water partition coefficient (Wildman–Crippen LogP) is 2.63. The maximum atomic E-state index is 11.9. The molecule has 0 radical (unpaired) electrons. The van der Waals surface area contributed by atoms with E-state index in [4.69, 9.17) is 23.7 Å². The number of hydrogen-bond acceptors (Lipinski definition) is 6. The first-order valence-corrected chi connectivity index (χ1v) is 7.11. The van der Waals surface area contributed by atoms with E-state index in [-0.39, 0.29) is 6.10 Å². The predicted molar refractivity (Wildman–Crippen MR) is 76.3 cm³/mol. The Morgan fingerprint density at radius 3 is 2.82 bits per heavy atom. The van der Waals surface area contributed by atoms with Crippen LogP contribution in [-0.2, 0) is 18.9 Å². The van der Waals surface area contributed by atoms with Gasteiger partial charge in [-0.15, -0.1) is 0 Å². The third-order valence-corrected chi connectivity index (χ3v) is 3.40. The number of ether oxygens (including phenoxy) is 5. The second-order valence-electron chi connectivity index (χ2n) is 5.54. The summed E-state index contributed by atoms with van der Waals surface area (Å²) in [7, 11) is 0. The Balaban J connectivity index is 1.64. The van der Waals surface area contributed by atoms with Gasteiger partial charge in [-0.05, 0) is 32.1 Å². The van der Waals surface area contributed by atoms with Crippen LogP contribution in [0.5, 0.6) is 5.75 Å². The third-order valence-electron chi connectivity index (χ3n) is 3.40. The monoisotopic (exact) mass is 306 g/mol. The molecule has 118 valence electrons.